The van der Waals surface area contributed by atoms with Crippen LogP contribution in [0, 0.1) is 0 Å². The highest BCUT2D eigenvalue weighted by Crippen LogP contribution is 2.30. The molecule has 0 saturated carbocycles. The highest BCUT2D eigenvalue weighted by atomic mass is 32.2. The number of aromatic nitrogens is 4. The number of hydrogen-bond donors (Lipinski definition) is 1. The molecule has 2 aromatic carbocycles. The minimum Gasteiger partial charge on any atom is -0.496 e. The number of rotatable bonds is 6. The molecule has 0 atom stereocenters. The minimum atomic E-state index is -3.57. The number of amides is 1. The standard InChI is InChI=1S/C23H24N6O4S/c1-3-29-18-11-10-15(34(31,32)28-12-6-7-13-28)14-17(18)20-21(29)24-23(27-26-20)25-22(30)16-8-4-5-9-19(16)33-2/h4-5,8-11,14H,3,6-7,12-13H2,1-2H3,(H,24,25,27,30). The van der Waals surface area contributed by atoms with Crippen LogP contribution in [0.15, 0.2) is 47.4 Å². The summed E-state index contributed by atoms with van der Waals surface area (Å²) in [6.45, 7) is 3.61. The molecular formula is C23H24N6O4S. The van der Waals surface area contributed by atoms with Gasteiger partial charge in [-0.05, 0) is 50.1 Å². The van der Waals surface area contributed by atoms with Crippen molar-refractivity contribution in [1.29, 1.82) is 0 Å². The van der Waals surface area contributed by atoms with Crippen LogP contribution in [0.2, 0.25) is 0 Å². The van der Waals surface area contributed by atoms with E-state index in [0.717, 1.165) is 18.4 Å². The lowest BCUT2D eigenvalue weighted by atomic mass is 10.2. The van der Waals surface area contributed by atoms with Gasteiger partial charge < -0.3 is 9.30 Å². The van der Waals surface area contributed by atoms with Gasteiger partial charge in [-0.15, -0.1) is 10.2 Å². The van der Waals surface area contributed by atoms with E-state index in [4.69, 9.17) is 4.74 Å². The fourth-order valence-corrected chi connectivity index (χ4v) is 5.89. The number of methoxy groups -OCH3 is 1. The molecule has 0 spiro atoms. The number of benzene rings is 2. The maximum atomic E-state index is 13.1. The highest BCUT2D eigenvalue weighted by Gasteiger charge is 2.28. The van der Waals surface area contributed by atoms with Crippen LogP contribution < -0.4 is 10.1 Å². The maximum absolute atomic E-state index is 13.1. The van der Waals surface area contributed by atoms with E-state index in [0.29, 0.717) is 47.5 Å². The Bertz CT molecular complexity index is 1510. The summed E-state index contributed by atoms with van der Waals surface area (Å²) in [7, 11) is -2.08. The first kappa shape index (κ1) is 22.2. The van der Waals surface area contributed by atoms with Crippen molar-refractivity contribution < 1.29 is 17.9 Å². The molecule has 0 unspecified atom stereocenters. The molecule has 34 heavy (non-hydrogen) atoms. The molecule has 5 rings (SSSR count). The molecule has 2 aromatic heterocycles. The molecule has 0 bridgehead atoms. The number of anilines is 1. The number of hydrogen-bond acceptors (Lipinski definition) is 7. The van der Waals surface area contributed by atoms with Crippen LogP contribution in [-0.4, -0.2) is 58.6 Å². The van der Waals surface area contributed by atoms with Crippen LogP contribution >= 0.6 is 0 Å². The molecule has 3 heterocycles. The van der Waals surface area contributed by atoms with E-state index in [1.807, 2.05) is 11.5 Å². The van der Waals surface area contributed by atoms with Gasteiger partial charge in [-0.1, -0.05) is 12.1 Å². The summed E-state index contributed by atoms with van der Waals surface area (Å²) in [5.74, 6) is 0.0611. The van der Waals surface area contributed by atoms with Crippen LogP contribution in [0.1, 0.15) is 30.1 Å². The summed E-state index contributed by atoms with van der Waals surface area (Å²) in [5, 5.41) is 11.7. The summed E-state index contributed by atoms with van der Waals surface area (Å²) < 4.78 is 34.8. The van der Waals surface area contributed by atoms with Crippen molar-refractivity contribution in [3.8, 4) is 5.75 Å². The normalized spacial score (nSPS) is 14.6. The molecule has 4 aromatic rings. The topological polar surface area (TPSA) is 119 Å². The highest BCUT2D eigenvalue weighted by molar-refractivity contribution is 7.89. The zero-order valence-corrected chi connectivity index (χ0v) is 19.7. The van der Waals surface area contributed by atoms with Crippen LogP contribution in [0.3, 0.4) is 0 Å². The zero-order chi connectivity index (χ0) is 23.9. The molecule has 10 nitrogen and oxygen atoms in total. The first-order valence-corrected chi connectivity index (χ1v) is 12.5. The second-order valence-electron chi connectivity index (χ2n) is 8.00. The van der Waals surface area contributed by atoms with Gasteiger partial charge in [-0.3, -0.25) is 10.1 Å². The predicted octanol–water partition coefficient (Wildman–Crippen LogP) is 3.04. The summed E-state index contributed by atoms with van der Waals surface area (Å²) >= 11 is 0. The molecule has 11 heteroatoms. The monoisotopic (exact) mass is 480 g/mol. The van der Waals surface area contributed by atoms with Crippen molar-refractivity contribution in [1.82, 2.24) is 24.1 Å². The third kappa shape index (κ3) is 3.66. The van der Waals surface area contributed by atoms with E-state index >= 15 is 0 Å². The van der Waals surface area contributed by atoms with Crippen molar-refractivity contribution in [2.24, 2.45) is 0 Å². The van der Waals surface area contributed by atoms with Gasteiger partial charge >= 0.3 is 0 Å². The summed E-state index contributed by atoms with van der Waals surface area (Å²) in [6, 6.07) is 11.9. The SMILES string of the molecule is CCn1c2ccc(S(=O)(=O)N3CCCC3)cc2c2nnc(NC(=O)c3ccccc3OC)nc21. The predicted molar refractivity (Wildman–Crippen MR) is 127 cm³/mol. The first-order valence-electron chi connectivity index (χ1n) is 11.0. The number of carbonyl (C=O) groups is 1. The van der Waals surface area contributed by atoms with E-state index in [9.17, 15) is 13.2 Å². The molecule has 0 radical (unpaired) electrons. The lowest BCUT2D eigenvalue weighted by molar-refractivity contribution is 0.102. The van der Waals surface area contributed by atoms with Crippen molar-refractivity contribution in [3.05, 3.63) is 48.0 Å². The average molecular weight is 481 g/mol. The molecule has 1 aliphatic heterocycles. The average Bonchev–Trinajstić information content (AvgIpc) is 3.50. The molecule has 176 valence electrons. The summed E-state index contributed by atoms with van der Waals surface area (Å²) in [5.41, 5.74) is 2.14. The molecule has 1 amide bonds. The fraction of sp³-hybridized carbons (Fsp3) is 0.304. The van der Waals surface area contributed by atoms with Crippen molar-refractivity contribution in [2.75, 3.05) is 25.5 Å². The van der Waals surface area contributed by atoms with Crippen LogP contribution in [-0.2, 0) is 16.6 Å². The third-order valence-corrected chi connectivity index (χ3v) is 7.93. The van der Waals surface area contributed by atoms with Gasteiger partial charge in [0.25, 0.3) is 11.9 Å². The Balaban J connectivity index is 1.56. The number of nitrogens with one attached hydrogen (secondary N) is 1. The van der Waals surface area contributed by atoms with Crippen molar-refractivity contribution >= 4 is 43.9 Å². The van der Waals surface area contributed by atoms with E-state index in [1.54, 1.807) is 42.5 Å². The number of carbonyl (C=O) groups excluding carboxylic acids is 1. The van der Waals surface area contributed by atoms with Crippen LogP contribution in [0.25, 0.3) is 22.1 Å². The zero-order valence-electron chi connectivity index (χ0n) is 18.9. The van der Waals surface area contributed by atoms with Crippen molar-refractivity contribution in [3.63, 3.8) is 0 Å². The number of sulfonamides is 1. The van der Waals surface area contributed by atoms with Crippen molar-refractivity contribution in [2.45, 2.75) is 31.2 Å². The van der Waals surface area contributed by atoms with E-state index in [1.165, 1.54) is 11.4 Å². The Kier molecular flexibility index (Phi) is 5.66. The largest absolute Gasteiger partial charge is 0.496 e. The maximum Gasteiger partial charge on any atom is 0.261 e. The van der Waals surface area contributed by atoms with E-state index in [2.05, 4.69) is 20.5 Å². The van der Waals surface area contributed by atoms with Crippen LogP contribution in [0.5, 0.6) is 5.75 Å². The molecule has 1 fully saturated rings. The minimum absolute atomic E-state index is 0.0471. The lowest BCUT2D eigenvalue weighted by Crippen LogP contribution is -2.27. The Hall–Kier alpha value is -3.57. The van der Waals surface area contributed by atoms with Gasteiger partial charge in [0.05, 0.1) is 23.1 Å². The van der Waals surface area contributed by atoms with Gasteiger partial charge in [0, 0.05) is 25.0 Å². The summed E-state index contributed by atoms with van der Waals surface area (Å²) in [6.07, 6.45) is 1.74. The molecule has 1 N–H and O–H groups in total. The Morgan fingerprint density at radius 2 is 1.88 bits per heavy atom. The Labute approximate surface area is 196 Å². The van der Waals surface area contributed by atoms with E-state index < -0.39 is 15.9 Å². The van der Waals surface area contributed by atoms with Crippen LogP contribution in [0.4, 0.5) is 5.95 Å². The smallest absolute Gasteiger partial charge is 0.261 e. The molecule has 0 aliphatic carbocycles. The van der Waals surface area contributed by atoms with Gasteiger partial charge in [0.15, 0.2) is 5.65 Å². The fourth-order valence-electron chi connectivity index (χ4n) is 4.35. The van der Waals surface area contributed by atoms with E-state index in [-0.39, 0.29) is 10.8 Å². The third-order valence-electron chi connectivity index (χ3n) is 6.03. The van der Waals surface area contributed by atoms with Gasteiger partial charge in [-0.2, -0.15) is 9.29 Å². The van der Waals surface area contributed by atoms with Gasteiger partial charge in [0.2, 0.25) is 10.0 Å². The molecular weight excluding hydrogens is 456 g/mol. The van der Waals surface area contributed by atoms with Gasteiger partial charge in [0.1, 0.15) is 11.3 Å². The number of aryl methyl sites for hydroxylation is 1. The quantitative estimate of drug-likeness (QED) is 0.450. The summed E-state index contributed by atoms with van der Waals surface area (Å²) in [4.78, 5) is 17.5. The lowest BCUT2D eigenvalue weighted by Gasteiger charge is -2.15. The Morgan fingerprint density at radius 3 is 2.62 bits per heavy atom. The van der Waals surface area contributed by atoms with Gasteiger partial charge in [-0.25, -0.2) is 8.42 Å². The number of ether oxygens (including phenoxy) is 1. The second kappa shape index (κ2) is 8.65. The Morgan fingerprint density at radius 1 is 1.12 bits per heavy atom. The second-order valence-corrected chi connectivity index (χ2v) is 9.93. The number of fused-ring (bicyclic) bond motifs is 3. The number of nitrogens with zero attached hydrogens (tertiary/aromatic N) is 5. The molecule has 1 saturated heterocycles. The molecule has 1 aliphatic rings. The first-order chi connectivity index (χ1) is 16.4. The number of para-hydroxylation sites is 1.